The van der Waals surface area contributed by atoms with Crippen LogP contribution in [0.15, 0.2) is 79.0 Å². The lowest BCUT2D eigenvalue weighted by atomic mass is 10.0. The molecule has 4 aliphatic rings. The number of amides is 5. The van der Waals surface area contributed by atoms with Gasteiger partial charge in [0.05, 0.1) is 35.6 Å². The van der Waals surface area contributed by atoms with Crippen LogP contribution in [0.1, 0.15) is 58.0 Å². The molecule has 1 unspecified atom stereocenters. The average Bonchev–Trinajstić information content (AvgIpc) is 3.92. The van der Waals surface area contributed by atoms with Gasteiger partial charge >= 0.3 is 0 Å². The lowest BCUT2D eigenvalue weighted by Gasteiger charge is -2.35. The molecule has 5 aromatic rings. The van der Waals surface area contributed by atoms with E-state index in [2.05, 4.69) is 25.4 Å². The Kier molecular flexibility index (Phi) is 8.96. The van der Waals surface area contributed by atoms with Crippen molar-refractivity contribution in [2.45, 2.75) is 37.8 Å². The van der Waals surface area contributed by atoms with Crippen molar-refractivity contribution in [2.24, 2.45) is 0 Å². The highest BCUT2D eigenvalue weighted by Gasteiger charge is 2.44. The SMILES string of the molecule is O=C1CCC(N2C(=O)c3ccc(NC(=O)CN4CCN(c5cccc(-c6cnc7ccc(N8CCC[C@@H]8c8cccc(F)c8)nn67)n5)CC4)cc3C2=O)C(=O)N1. The Morgan fingerprint density at radius 3 is 2.48 bits per heavy atom. The summed E-state index contributed by atoms with van der Waals surface area (Å²) in [6, 6.07) is 20.0. The maximum absolute atomic E-state index is 14.1. The first-order chi connectivity index (χ1) is 27.2. The monoisotopic (exact) mass is 756 g/mol. The molecule has 0 radical (unpaired) electrons. The van der Waals surface area contributed by atoms with Crippen LogP contribution in [-0.2, 0) is 14.4 Å². The van der Waals surface area contributed by atoms with Gasteiger partial charge in [-0.25, -0.2) is 18.9 Å². The van der Waals surface area contributed by atoms with E-state index >= 15 is 0 Å². The molecule has 56 heavy (non-hydrogen) atoms. The van der Waals surface area contributed by atoms with Gasteiger partial charge in [0, 0.05) is 44.8 Å². The molecule has 3 fully saturated rings. The number of hydrogen-bond donors (Lipinski definition) is 2. The predicted octanol–water partition coefficient (Wildman–Crippen LogP) is 3.43. The molecule has 3 aromatic heterocycles. The summed E-state index contributed by atoms with van der Waals surface area (Å²) in [5, 5.41) is 10.0. The maximum Gasteiger partial charge on any atom is 0.262 e. The summed E-state index contributed by atoms with van der Waals surface area (Å²) < 4.78 is 15.9. The quantitative estimate of drug-likeness (QED) is 0.223. The molecule has 0 saturated carbocycles. The van der Waals surface area contributed by atoms with Crippen LogP contribution in [0.3, 0.4) is 0 Å². The molecule has 7 heterocycles. The Bertz CT molecular complexity index is 2430. The van der Waals surface area contributed by atoms with Gasteiger partial charge in [-0.2, -0.15) is 0 Å². The largest absolute Gasteiger partial charge is 0.354 e. The van der Waals surface area contributed by atoms with E-state index in [1.54, 1.807) is 24.4 Å². The minimum absolute atomic E-state index is 0.0328. The van der Waals surface area contributed by atoms with Crippen LogP contribution in [0.25, 0.3) is 17.0 Å². The molecule has 0 aliphatic carbocycles. The van der Waals surface area contributed by atoms with Gasteiger partial charge < -0.3 is 15.1 Å². The van der Waals surface area contributed by atoms with E-state index in [9.17, 15) is 28.4 Å². The number of nitrogens with zero attached hydrogens (tertiary/aromatic N) is 8. The molecular weight excluding hydrogens is 720 g/mol. The molecule has 9 rings (SSSR count). The number of piperidine rings is 1. The van der Waals surface area contributed by atoms with E-state index in [0.717, 1.165) is 52.9 Å². The number of rotatable bonds is 8. The number of pyridine rings is 1. The molecule has 4 aliphatic heterocycles. The normalized spacial score (nSPS) is 20.2. The Labute approximate surface area is 320 Å². The third kappa shape index (κ3) is 6.51. The number of benzene rings is 2. The summed E-state index contributed by atoms with van der Waals surface area (Å²) in [7, 11) is 0. The first-order valence-corrected chi connectivity index (χ1v) is 18.7. The van der Waals surface area contributed by atoms with Gasteiger partial charge in [0.25, 0.3) is 11.8 Å². The topological polar surface area (TPSA) is 165 Å². The molecule has 16 heteroatoms. The zero-order chi connectivity index (χ0) is 38.5. The van der Waals surface area contributed by atoms with Crippen LogP contribution in [-0.4, -0.2) is 104 Å². The number of piperazine rings is 1. The maximum atomic E-state index is 14.1. The number of carbonyl (C=O) groups excluding carboxylic acids is 5. The number of hydrogen-bond acceptors (Lipinski definition) is 11. The minimum Gasteiger partial charge on any atom is -0.354 e. The minimum atomic E-state index is -1.06. The Hall–Kier alpha value is -6.55. The molecule has 2 atom stereocenters. The third-order valence-corrected chi connectivity index (χ3v) is 10.9. The number of anilines is 3. The van der Waals surface area contributed by atoms with Crippen LogP contribution in [0.2, 0.25) is 0 Å². The summed E-state index contributed by atoms with van der Waals surface area (Å²) in [5.74, 6) is -1.29. The Morgan fingerprint density at radius 1 is 0.839 bits per heavy atom. The van der Waals surface area contributed by atoms with E-state index in [0.29, 0.717) is 37.5 Å². The number of nitrogens with one attached hydrogen (secondary N) is 2. The number of halogens is 1. The highest BCUT2D eigenvalue weighted by molar-refractivity contribution is 6.24. The molecule has 5 amide bonds. The lowest BCUT2D eigenvalue weighted by molar-refractivity contribution is -0.136. The van der Waals surface area contributed by atoms with Gasteiger partial charge in [-0.1, -0.05) is 18.2 Å². The van der Waals surface area contributed by atoms with Gasteiger partial charge in [-0.15, -0.1) is 5.10 Å². The average molecular weight is 757 g/mol. The van der Waals surface area contributed by atoms with E-state index in [1.807, 2.05) is 45.8 Å². The number of fused-ring (bicyclic) bond motifs is 2. The molecule has 0 bridgehead atoms. The van der Waals surface area contributed by atoms with Crippen molar-refractivity contribution in [3.63, 3.8) is 0 Å². The lowest BCUT2D eigenvalue weighted by Crippen LogP contribution is -2.54. The van der Waals surface area contributed by atoms with Crippen LogP contribution in [0.5, 0.6) is 0 Å². The highest BCUT2D eigenvalue weighted by Crippen LogP contribution is 2.36. The van der Waals surface area contributed by atoms with Crippen molar-refractivity contribution in [1.82, 2.24) is 34.7 Å². The van der Waals surface area contributed by atoms with Crippen LogP contribution >= 0.6 is 0 Å². The second-order valence-electron chi connectivity index (χ2n) is 14.4. The van der Waals surface area contributed by atoms with E-state index in [4.69, 9.17) is 10.1 Å². The van der Waals surface area contributed by atoms with Crippen molar-refractivity contribution >= 4 is 52.5 Å². The molecule has 2 N–H and O–H groups in total. The predicted molar refractivity (Wildman–Crippen MR) is 202 cm³/mol. The third-order valence-electron chi connectivity index (χ3n) is 10.9. The molecule has 2 aromatic carbocycles. The second kappa shape index (κ2) is 14.3. The summed E-state index contributed by atoms with van der Waals surface area (Å²) in [6.45, 7) is 3.44. The number of carbonyl (C=O) groups is 5. The van der Waals surface area contributed by atoms with Crippen LogP contribution < -0.4 is 20.4 Å². The molecular formula is C40H37FN10O5. The highest BCUT2D eigenvalue weighted by atomic mass is 19.1. The van der Waals surface area contributed by atoms with E-state index in [-0.39, 0.29) is 48.3 Å². The fourth-order valence-electron chi connectivity index (χ4n) is 8.12. The second-order valence-corrected chi connectivity index (χ2v) is 14.4. The zero-order valence-corrected chi connectivity index (χ0v) is 30.2. The van der Waals surface area contributed by atoms with Gasteiger partial charge in [-0.05, 0) is 79.4 Å². The van der Waals surface area contributed by atoms with Crippen molar-refractivity contribution in [3.05, 3.63) is 102 Å². The zero-order valence-electron chi connectivity index (χ0n) is 30.2. The molecule has 15 nitrogen and oxygen atoms in total. The summed E-state index contributed by atoms with van der Waals surface area (Å²) in [5.41, 5.74) is 3.71. The van der Waals surface area contributed by atoms with Crippen LogP contribution in [0.4, 0.5) is 21.7 Å². The first-order valence-electron chi connectivity index (χ1n) is 18.7. The van der Waals surface area contributed by atoms with Gasteiger partial charge in [0.15, 0.2) is 5.65 Å². The van der Waals surface area contributed by atoms with Crippen molar-refractivity contribution < 1.29 is 28.4 Å². The van der Waals surface area contributed by atoms with Gasteiger partial charge in [0.1, 0.15) is 29.2 Å². The smallest absolute Gasteiger partial charge is 0.262 e. The summed E-state index contributed by atoms with van der Waals surface area (Å²) in [4.78, 5) is 80.2. The summed E-state index contributed by atoms with van der Waals surface area (Å²) >= 11 is 0. The Morgan fingerprint density at radius 2 is 1.66 bits per heavy atom. The molecule has 0 spiro atoms. The van der Waals surface area contributed by atoms with Gasteiger partial charge in [-0.3, -0.25) is 39.1 Å². The number of imidazole rings is 1. The van der Waals surface area contributed by atoms with Crippen molar-refractivity contribution in [1.29, 1.82) is 0 Å². The number of aromatic nitrogens is 4. The fourth-order valence-corrected chi connectivity index (χ4v) is 8.12. The molecule has 284 valence electrons. The fraction of sp³-hybridized carbons (Fsp3) is 0.300. The van der Waals surface area contributed by atoms with E-state index in [1.165, 1.54) is 18.2 Å². The van der Waals surface area contributed by atoms with E-state index < -0.39 is 29.7 Å². The first kappa shape index (κ1) is 35.2. The van der Waals surface area contributed by atoms with Crippen molar-refractivity contribution in [3.8, 4) is 11.4 Å². The Balaban J connectivity index is 0.829. The summed E-state index contributed by atoms with van der Waals surface area (Å²) in [6.07, 6.45) is 3.76. The van der Waals surface area contributed by atoms with Gasteiger partial charge in [0.2, 0.25) is 17.7 Å². The number of imide groups is 2. The molecule has 3 saturated heterocycles. The standard InChI is InChI=1S/C40H37FN10O5/c41-25-5-1-4-24(20-25)30-7-3-15-49(30)35-13-12-33-42-22-32(51(33)46-35)29-6-2-8-34(44-29)48-18-16-47(17-19-48)23-37(53)43-26-9-10-27-28(21-26)40(56)50(39(27)55)31-11-14-36(52)45-38(31)54/h1-2,4-6,8-10,12-13,20-22,30-31H,3,7,11,14-19,23H2,(H,43,53)(H,45,52,54)/t30-,31?/m1/s1. The van der Waals surface area contributed by atoms with Crippen LogP contribution in [0, 0.1) is 5.82 Å². The van der Waals surface area contributed by atoms with Crippen molar-refractivity contribution in [2.75, 3.05) is 54.4 Å².